The van der Waals surface area contributed by atoms with Crippen molar-refractivity contribution < 1.29 is 14.3 Å². The number of pyridine rings is 1. The van der Waals surface area contributed by atoms with Gasteiger partial charge in [0.05, 0.1) is 30.1 Å². The number of aryl methyl sites for hydroxylation is 2. The van der Waals surface area contributed by atoms with Crippen LogP contribution < -0.4 is 15.8 Å². The topological polar surface area (TPSA) is 120 Å². The lowest BCUT2D eigenvalue weighted by atomic mass is 9.94. The third kappa shape index (κ3) is 5.27. The Hall–Kier alpha value is -4.70. The SMILES string of the molecule is COc1cc(C(=O)N2C[C@H](N)[C@H]3CC[C@@H]2C3)cc2nc(-c3cc4ccc5nc4n3CCCCCc3ccccc3C(=O)N[C@@H]5C)n(C3CC3)c12. The minimum Gasteiger partial charge on any atom is -0.494 e. The van der Waals surface area contributed by atoms with E-state index in [4.69, 9.17) is 20.4 Å². The number of rotatable bonds is 4. The fourth-order valence-electron chi connectivity index (χ4n) is 8.81. The van der Waals surface area contributed by atoms with Gasteiger partial charge in [-0.15, -0.1) is 0 Å². The van der Waals surface area contributed by atoms with E-state index in [9.17, 15) is 9.59 Å². The number of nitrogens with one attached hydrogen (secondary N) is 1. The third-order valence-corrected chi connectivity index (χ3v) is 11.7. The highest BCUT2D eigenvalue weighted by Gasteiger charge is 2.41. The van der Waals surface area contributed by atoms with Gasteiger partial charge in [0.1, 0.15) is 16.9 Å². The summed E-state index contributed by atoms with van der Waals surface area (Å²) in [6.45, 7) is 3.39. The number of likely N-dealkylation sites (tertiary alicyclic amines) is 1. The molecule has 2 aliphatic carbocycles. The van der Waals surface area contributed by atoms with Gasteiger partial charge in [-0.3, -0.25) is 9.59 Å². The van der Waals surface area contributed by atoms with Gasteiger partial charge >= 0.3 is 0 Å². The maximum absolute atomic E-state index is 14.1. The summed E-state index contributed by atoms with van der Waals surface area (Å²) in [4.78, 5) is 40.0. The number of carbonyl (C=O) groups excluding carboxylic acids is 2. The normalized spacial score (nSPS) is 24.0. The number of nitrogens with two attached hydrogens (primary N) is 1. The Kier molecular flexibility index (Phi) is 7.67. The number of imidazole rings is 1. The first-order valence-corrected chi connectivity index (χ1v) is 18.4. The molecule has 258 valence electrons. The molecule has 0 radical (unpaired) electrons. The van der Waals surface area contributed by atoms with Crippen LogP contribution in [0.15, 0.2) is 54.6 Å². The predicted molar refractivity (Wildman–Crippen MR) is 193 cm³/mol. The van der Waals surface area contributed by atoms with Gasteiger partial charge < -0.3 is 29.8 Å². The summed E-state index contributed by atoms with van der Waals surface area (Å²) in [6, 6.07) is 18.4. The van der Waals surface area contributed by atoms with E-state index in [1.165, 1.54) is 0 Å². The predicted octanol–water partition coefficient (Wildman–Crippen LogP) is 6.57. The molecule has 1 saturated heterocycles. The van der Waals surface area contributed by atoms with E-state index < -0.39 is 0 Å². The molecule has 2 aliphatic heterocycles. The number of ether oxygens (including phenoxy) is 1. The Labute approximate surface area is 292 Å². The van der Waals surface area contributed by atoms with Gasteiger partial charge in [0.2, 0.25) is 0 Å². The van der Waals surface area contributed by atoms with E-state index in [1.807, 2.05) is 48.2 Å². The number of hydrogen-bond acceptors (Lipinski definition) is 6. The second-order valence-electron chi connectivity index (χ2n) is 14.9. The summed E-state index contributed by atoms with van der Waals surface area (Å²) in [5, 5.41) is 4.24. The van der Waals surface area contributed by atoms with Gasteiger partial charge in [-0.25, -0.2) is 9.97 Å². The Balaban J connectivity index is 1.14. The van der Waals surface area contributed by atoms with E-state index in [1.54, 1.807) is 7.11 Å². The van der Waals surface area contributed by atoms with Crippen molar-refractivity contribution in [2.75, 3.05) is 13.7 Å². The molecule has 2 saturated carbocycles. The zero-order valence-corrected chi connectivity index (χ0v) is 28.9. The van der Waals surface area contributed by atoms with E-state index >= 15 is 0 Å². The van der Waals surface area contributed by atoms with Crippen LogP contribution in [0.4, 0.5) is 0 Å². The number of carbonyl (C=O) groups is 2. The molecule has 4 atom stereocenters. The largest absolute Gasteiger partial charge is 0.494 e. The monoisotopic (exact) mass is 671 g/mol. The number of amides is 2. The van der Waals surface area contributed by atoms with E-state index in [0.29, 0.717) is 29.8 Å². The molecule has 2 amide bonds. The quantitative estimate of drug-likeness (QED) is 0.223. The molecule has 0 unspecified atom stereocenters. The molecule has 3 fully saturated rings. The first-order chi connectivity index (χ1) is 24.4. The molecule has 3 aromatic heterocycles. The maximum Gasteiger partial charge on any atom is 0.254 e. The second-order valence-corrected chi connectivity index (χ2v) is 14.9. The van der Waals surface area contributed by atoms with Gasteiger partial charge in [0.15, 0.2) is 5.82 Å². The van der Waals surface area contributed by atoms with Crippen LogP contribution in [0.3, 0.4) is 0 Å². The van der Waals surface area contributed by atoms with Crippen LogP contribution in [0, 0.1) is 5.92 Å². The van der Waals surface area contributed by atoms with Crippen LogP contribution in [-0.4, -0.2) is 61.6 Å². The van der Waals surface area contributed by atoms with Crippen LogP contribution in [0.1, 0.15) is 102 Å². The minimum atomic E-state index is -0.268. The zero-order valence-electron chi connectivity index (χ0n) is 28.9. The second kappa shape index (κ2) is 12.3. The average molecular weight is 672 g/mol. The van der Waals surface area contributed by atoms with E-state index in [-0.39, 0.29) is 29.9 Å². The number of piperidine rings is 1. The van der Waals surface area contributed by atoms with Crippen LogP contribution in [-0.2, 0) is 13.0 Å². The number of aromatic nitrogens is 4. The van der Waals surface area contributed by atoms with Gasteiger partial charge in [0.25, 0.3) is 11.8 Å². The molecule has 10 heteroatoms. The Morgan fingerprint density at radius 3 is 2.66 bits per heavy atom. The summed E-state index contributed by atoms with van der Waals surface area (Å²) >= 11 is 0. The van der Waals surface area contributed by atoms with Crippen LogP contribution in [0.25, 0.3) is 33.6 Å². The summed E-state index contributed by atoms with van der Waals surface area (Å²) in [7, 11) is 1.68. The van der Waals surface area contributed by atoms with E-state index in [0.717, 1.165) is 115 Å². The van der Waals surface area contributed by atoms with Crippen molar-refractivity contribution in [3.8, 4) is 17.3 Å². The lowest BCUT2D eigenvalue weighted by Crippen LogP contribution is -2.51. The Morgan fingerprint density at radius 1 is 0.980 bits per heavy atom. The number of benzene rings is 2. The molecule has 4 bridgehead atoms. The highest BCUT2D eigenvalue weighted by molar-refractivity contribution is 6.00. The molecule has 2 aromatic carbocycles. The summed E-state index contributed by atoms with van der Waals surface area (Å²) in [5.74, 6) is 2.01. The number of hydrogen-bond donors (Lipinski definition) is 2. The first-order valence-electron chi connectivity index (χ1n) is 18.4. The van der Waals surface area contributed by atoms with Crippen molar-refractivity contribution in [2.24, 2.45) is 11.7 Å². The molecule has 3 N–H and O–H groups in total. The van der Waals surface area contributed by atoms with Crippen molar-refractivity contribution in [3.05, 3.63) is 77.0 Å². The fraction of sp³-hybridized carbons (Fsp3) is 0.450. The van der Waals surface area contributed by atoms with Gasteiger partial charge in [-0.1, -0.05) is 24.6 Å². The first kappa shape index (κ1) is 31.3. The Bertz CT molecular complexity index is 2150. The molecule has 10 nitrogen and oxygen atoms in total. The van der Waals surface area contributed by atoms with Gasteiger partial charge in [-0.2, -0.15) is 0 Å². The van der Waals surface area contributed by atoms with Crippen LogP contribution in [0.2, 0.25) is 0 Å². The van der Waals surface area contributed by atoms with Crippen molar-refractivity contribution in [1.29, 1.82) is 0 Å². The molecule has 9 rings (SSSR count). The number of methoxy groups -OCH3 is 1. The molecule has 50 heavy (non-hydrogen) atoms. The van der Waals surface area contributed by atoms with Gasteiger partial charge in [0, 0.05) is 47.7 Å². The number of fused-ring (bicyclic) bond motifs is 5. The summed E-state index contributed by atoms with van der Waals surface area (Å²) < 4.78 is 10.7. The molecule has 5 aromatic rings. The van der Waals surface area contributed by atoms with Gasteiger partial charge in [-0.05, 0) is 106 Å². The summed E-state index contributed by atoms with van der Waals surface area (Å²) in [6.07, 6.45) is 9.08. The smallest absolute Gasteiger partial charge is 0.254 e. The van der Waals surface area contributed by atoms with Crippen molar-refractivity contribution in [3.63, 3.8) is 0 Å². The van der Waals surface area contributed by atoms with Crippen LogP contribution >= 0.6 is 0 Å². The lowest BCUT2D eigenvalue weighted by Gasteiger charge is -2.37. The van der Waals surface area contributed by atoms with Crippen molar-refractivity contribution in [2.45, 2.75) is 95.4 Å². The molecular weight excluding hydrogens is 626 g/mol. The molecule has 5 heterocycles. The highest BCUT2D eigenvalue weighted by atomic mass is 16.5. The lowest BCUT2D eigenvalue weighted by molar-refractivity contribution is 0.0603. The molecule has 4 aliphatic rings. The van der Waals surface area contributed by atoms with Crippen molar-refractivity contribution in [1.82, 2.24) is 29.3 Å². The summed E-state index contributed by atoms with van der Waals surface area (Å²) in [5.41, 5.74) is 13.4. The number of nitrogens with zero attached hydrogens (tertiary/aromatic N) is 5. The van der Waals surface area contributed by atoms with Crippen LogP contribution in [0.5, 0.6) is 5.75 Å². The molecule has 0 spiro atoms. The van der Waals surface area contributed by atoms with Crippen molar-refractivity contribution >= 4 is 33.9 Å². The third-order valence-electron chi connectivity index (χ3n) is 11.7. The fourth-order valence-corrected chi connectivity index (χ4v) is 8.81. The zero-order chi connectivity index (χ0) is 34.1. The minimum absolute atomic E-state index is 0.0105. The average Bonchev–Trinajstić information content (AvgIpc) is 3.60. The molecular formula is C40H45N7O3. The standard InChI is InChI=1S/C40H45N7O3/c1-23-32-16-12-26-20-34(45(37(26)43-32)17-7-3-4-8-24-9-5-6-10-30(24)39(48)42-23)38-44-33-19-27(21-35(50-2)36(33)47(38)28-14-15-28)40(49)46-22-31(41)25-11-13-29(46)18-25/h5-6,9-10,12,16,19-21,23,25,28-29,31H,3-4,7-8,11,13-15,17-18,22,41H2,1-2H3,(H,42,48)/t23-,25+,29-,31+/m1/s1. The maximum atomic E-state index is 14.1. The Morgan fingerprint density at radius 2 is 1.82 bits per heavy atom. The highest BCUT2D eigenvalue weighted by Crippen LogP contribution is 2.45. The van der Waals surface area contributed by atoms with E-state index in [2.05, 4.69) is 32.7 Å².